The molecular formula is C21H28N2O3S2. The third kappa shape index (κ3) is 7.56. The summed E-state index contributed by atoms with van der Waals surface area (Å²) in [5, 5.41) is 2.82. The van der Waals surface area contributed by atoms with Crippen LogP contribution in [0, 0.1) is 13.8 Å². The third-order valence-electron chi connectivity index (χ3n) is 4.08. The van der Waals surface area contributed by atoms with Crippen LogP contribution in [0.4, 0.5) is 5.69 Å². The number of nitrogens with one attached hydrogen (secondary N) is 1. The summed E-state index contributed by atoms with van der Waals surface area (Å²) in [6.07, 6.45) is 1.96. The van der Waals surface area contributed by atoms with E-state index in [1.807, 2.05) is 49.9 Å². The second-order valence-electron chi connectivity index (χ2n) is 6.86. The van der Waals surface area contributed by atoms with Gasteiger partial charge in [-0.05, 0) is 54.8 Å². The summed E-state index contributed by atoms with van der Waals surface area (Å²) in [6.45, 7) is 4.14. The number of thioether (sulfide) groups is 1. The fourth-order valence-electron chi connectivity index (χ4n) is 2.85. The molecule has 152 valence electrons. The van der Waals surface area contributed by atoms with Crippen molar-refractivity contribution in [3.05, 3.63) is 65.2 Å². The van der Waals surface area contributed by atoms with Crippen LogP contribution in [0.1, 0.15) is 23.1 Å². The Hall–Kier alpha value is -1.99. The average molecular weight is 421 g/mol. The molecule has 2 aromatic rings. The number of anilines is 1. The highest BCUT2D eigenvalue weighted by Gasteiger charge is 2.21. The Balaban J connectivity index is 1.80. The van der Waals surface area contributed by atoms with Crippen LogP contribution in [0.2, 0.25) is 0 Å². The SMILES string of the molecule is Cc1cc(C)cc(N(CC(=O)NCCCSCc2ccccc2)S(C)(=O)=O)c1. The number of sulfonamides is 1. The number of benzene rings is 2. The summed E-state index contributed by atoms with van der Waals surface area (Å²) >= 11 is 1.82. The van der Waals surface area contributed by atoms with E-state index >= 15 is 0 Å². The van der Waals surface area contributed by atoms with Gasteiger partial charge in [0.15, 0.2) is 0 Å². The number of hydrogen-bond acceptors (Lipinski definition) is 4. The Morgan fingerprint density at radius 3 is 2.32 bits per heavy atom. The van der Waals surface area contributed by atoms with Gasteiger partial charge in [-0.25, -0.2) is 8.42 Å². The molecule has 7 heteroatoms. The Labute approximate surface area is 172 Å². The Bertz CT molecular complexity index is 864. The zero-order valence-electron chi connectivity index (χ0n) is 16.6. The first-order valence-corrected chi connectivity index (χ1v) is 12.2. The topological polar surface area (TPSA) is 66.5 Å². The molecule has 0 spiro atoms. The average Bonchev–Trinajstić information content (AvgIpc) is 2.61. The molecule has 0 radical (unpaired) electrons. The second kappa shape index (κ2) is 10.5. The third-order valence-corrected chi connectivity index (χ3v) is 6.34. The normalized spacial score (nSPS) is 11.2. The van der Waals surface area contributed by atoms with Crippen molar-refractivity contribution in [3.63, 3.8) is 0 Å². The van der Waals surface area contributed by atoms with E-state index in [0.29, 0.717) is 12.2 Å². The van der Waals surface area contributed by atoms with Gasteiger partial charge < -0.3 is 5.32 Å². The molecule has 0 aromatic heterocycles. The van der Waals surface area contributed by atoms with Crippen molar-refractivity contribution < 1.29 is 13.2 Å². The molecule has 5 nitrogen and oxygen atoms in total. The maximum atomic E-state index is 12.3. The summed E-state index contributed by atoms with van der Waals surface area (Å²) < 4.78 is 25.5. The van der Waals surface area contributed by atoms with Gasteiger partial charge in [-0.1, -0.05) is 36.4 Å². The van der Waals surface area contributed by atoms with E-state index in [2.05, 4.69) is 17.4 Å². The Morgan fingerprint density at radius 1 is 1.07 bits per heavy atom. The maximum absolute atomic E-state index is 12.3. The second-order valence-corrected chi connectivity index (χ2v) is 9.87. The van der Waals surface area contributed by atoms with Gasteiger partial charge in [0.2, 0.25) is 15.9 Å². The first kappa shape index (κ1) is 22.3. The van der Waals surface area contributed by atoms with Crippen molar-refractivity contribution in [2.24, 2.45) is 0 Å². The number of amides is 1. The summed E-state index contributed by atoms with van der Waals surface area (Å²) in [5.74, 6) is 1.59. The first-order valence-electron chi connectivity index (χ1n) is 9.20. The van der Waals surface area contributed by atoms with Crippen LogP contribution in [0.3, 0.4) is 0 Å². The van der Waals surface area contributed by atoms with E-state index in [9.17, 15) is 13.2 Å². The van der Waals surface area contributed by atoms with Gasteiger partial charge >= 0.3 is 0 Å². The molecule has 0 unspecified atom stereocenters. The van der Waals surface area contributed by atoms with Crippen LogP contribution in [0.15, 0.2) is 48.5 Å². The smallest absolute Gasteiger partial charge is 0.240 e. The van der Waals surface area contributed by atoms with Crippen LogP contribution in [-0.2, 0) is 20.6 Å². The zero-order chi connectivity index (χ0) is 20.6. The van der Waals surface area contributed by atoms with Crippen molar-refractivity contribution >= 4 is 33.4 Å². The fraction of sp³-hybridized carbons (Fsp3) is 0.381. The van der Waals surface area contributed by atoms with Crippen molar-refractivity contribution in [1.82, 2.24) is 5.32 Å². The molecule has 2 aromatic carbocycles. The van der Waals surface area contributed by atoms with E-state index in [-0.39, 0.29) is 12.5 Å². The molecule has 0 aliphatic carbocycles. The standard InChI is InChI=1S/C21H28N2O3S2/c1-17-12-18(2)14-20(13-17)23(28(3,25)26)15-21(24)22-10-7-11-27-16-19-8-5-4-6-9-19/h4-6,8-9,12-14H,7,10-11,15-16H2,1-3H3,(H,22,24). The summed E-state index contributed by atoms with van der Waals surface area (Å²) in [5.41, 5.74) is 3.72. The van der Waals surface area contributed by atoms with E-state index in [1.165, 1.54) is 5.56 Å². The van der Waals surface area contributed by atoms with Gasteiger partial charge in [0, 0.05) is 12.3 Å². The summed E-state index contributed by atoms with van der Waals surface area (Å²) in [7, 11) is -3.55. The predicted octanol–water partition coefficient (Wildman–Crippen LogP) is 3.51. The van der Waals surface area contributed by atoms with E-state index in [4.69, 9.17) is 0 Å². The first-order chi connectivity index (χ1) is 13.3. The van der Waals surface area contributed by atoms with Gasteiger partial charge in [0.25, 0.3) is 0 Å². The minimum absolute atomic E-state index is 0.209. The molecule has 0 atom stereocenters. The molecule has 0 saturated carbocycles. The summed E-state index contributed by atoms with van der Waals surface area (Å²) in [4.78, 5) is 12.3. The lowest BCUT2D eigenvalue weighted by molar-refractivity contribution is -0.119. The molecule has 0 aliphatic rings. The van der Waals surface area contributed by atoms with Crippen LogP contribution in [0.5, 0.6) is 0 Å². The van der Waals surface area contributed by atoms with Crippen LogP contribution >= 0.6 is 11.8 Å². The lowest BCUT2D eigenvalue weighted by Crippen LogP contribution is -2.40. The maximum Gasteiger partial charge on any atom is 0.240 e. The summed E-state index contributed by atoms with van der Waals surface area (Å²) in [6, 6.07) is 15.8. The zero-order valence-corrected chi connectivity index (χ0v) is 18.3. The van der Waals surface area contributed by atoms with Gasteiger partial charge in [0.05, 0.1) is 11.9 Å². The van der Waals surface area contributed by atoms with Gasteiger partial charge in [-0.15, -0.1) is 0 Å². The molecule has 0 aliphatic heterocycles. The molecule has 0 saturated heterocycles. The number of carbonyl (C=O) groups excluding carboxylic acids is 1. The van der Waals surface area contributed by atoms with Crippen LogP contribution < -0.4 is 9.62 Å². The van der Waals surface area contributed by atoms with E-state index < -0.39 is 10.0 Å². The molecule has 1 N–H and O–H groups in total. The molecule has 0 fully saturated rings. The van der Waals surface area contributed by atoms with Gasteiger partial charge in [-0.2, -0.15) is 11.8 Å². The van der Waals surface area contributed by atoms with Crippen LogP contribution in [-0.4, -0.2) is 39.4 Å². The monoisotopic (exact) mass is 420 g/mol. The number of carbonyl (C=O) groups is 1. The number of aryl methyl sites for hydroxylation is 2. The van der Waals surface area contributed by atoms with Crippen molar-refractivity contribution in [3.8, 4) is 0 Å². The molecule has 0 bridgehead atoms. The molecule has 0 heterocycles. The molecule has 2 rings (SSSR count). The van der Waals surface area contributed by atoms with E-state index in [1.54, 1.807) is 12.1 Å². The van der Waals surface area contributed by atoms with E-state index in [0.717, 1.165) is 39.6 Å². The van der Waals surface area contributed by atoms with Gasteiger partial charge in [-0.3, -0.25) is 9.10 Å². The number of hydrogen-bond donors (Lipinski definition) is 1. The van der Waals surface area contributed by atoms with Crippen molar-refractivity contribution in [2.75, 3.05) is 29.4 Å². The molecular weight excluding hydrogens is 392 g/mol. The Morgan fingerprint density at radius 2 is 1.71 bits per heavy atom. The predicted molar refractivity (Wildman–Crippen MR) is 118 cm³/mol. The van der Waals surface area contributed by atoms with Crippen LogP contribution in [0.25, 0.3) is 0 Å². The molecule has 28 heavy (non-hydrogen) atoms. The number of rotatable bonds is 10. The van der Waals surface area contributed by atoms with Crippen molar-refractivity contribution in [2.45, 2.75) is 26.0 Å². The highest BCUT2D eigenvalue weighted by Crippen LogP contribution is 2.21. The lowest BCUT2D eigenvalue weighted by atomic mass is 10.1. The number of nitrogens with zero attached hydrogens (tertiary/aromatic N) is 1. The minimum atomic E-state index is -3.55. The minimum Gasteiger partial charge on any atom is -0.354 e. The Kier molecular flexibility index (Phi) is 8.38. The largest absolute Gasteiger partial charge is 0.354 e. The highest BCUT2D eigenvalue weighted by atomic mass is 32.2. The van der Waals surface area contributed by atoms with Gasteiger partial charge in [0.1, 0.15) is 6.54 Å². The fourth-order valence-corrected chi connectivity index (χ4v) is 4.61. The lowest BCUT2D eigenvalue weighted by Gasteiger charge is -2.22. The highest BCUT2D eigenvalue weighted by molar-refractivity contribution is 7.98. The molecule has 1 amide bonds. The van der Waals surface area contributed by atoms with Crippen molar-refractivity contribution in [1.29, 1.82) is 0 Å². The quantitative estimate of drug-likeness (QED) is 0.598.